The van der Waals surface area contributed by atoms with Gasteiger partial charge in [-0.3, -0.25) is 9.69 Å². The van der Waals surface area contributed by atoms with E-state index in [1.165, 1.54) is 25.0 Å². The van der Waals surface area contributed by atoms with E-state index >= 15 is 0 Å². The summed E-state index contributed by atoms with van der Waals surface area (Å²) < 4.78 is 29.9. The molecule has 178 valence electrons. The maximum Gasteiger partial charge on any atom is 0.387 e. The van der Waals surface area contributed by atoms with Crippen molar-refractivity contribution >= 4 is 22.6 Å². The molecule has 0 atom stereocenters. The Kier molecular flexibility index (Phi) is 6.63. The molecule has 6 nitrogen and oxygen atoms in total. The minimum absolute atomic E-state index is 0.0586. The van der Waals surface area contributed by atoms with Crippen LogP contribution in [-0.4, -0.2) is 40.5 Å². The fraction of sp³-hybridized carbons (Fsp3) is 0.222. The minimum Gasteiger partial charge on any atom is -0.435 e. The van der Waals surface area contributed by atoms with Crippen LogP contribution in [0.3, 0.4) is 0 Å². The smallest absolute Gasteiger partial charge is 0.387 e. The molecule has 8 heteroatoms. The Morgan fingerprint density at radius 2 is 1.77 bits per heavy atom. The number of rotatable bonds is 7. The molecule has 35 heavy (non-hydrogen) atoms. The third kappa shape index (κ3) is 5.44. The molecule has 0 saturated carbocycles. The molecule has 0 aliphatic carbocycles. The summed E-state index contributed by atoms with van der Waals surface area (Å²) in [5, 5.41) is 3.67. The average Bonchev–Trinajstić information content (AvgIpc) is 3.36. The molecule has 1 amide bonds. The van der Waals surface area contributed by atoms with E-state index in [9.17, 15) is 13.6 Å². The summed E-state index contributed by atoms with van der Waals surface area (Å²) in [6.45, 7) is -0.0126. The zero-order valence-electron chi connectivity index (χ0n) is 19.0. The first-order valence-corrected chi connectivity index (χ1v) is 11.5. The second-order valence-electron chi connectivity index (χ2n) is 8.43. The number of nitrogens with one attached hydrogen (secondary N) is 1. The Morgan fingerprint density at radius 3 is 2.60 bits per heavy atom. The van der Waals surface area contributed by atoms with Gasteiger partial charge in [-0.1, -0.05) is 42.5 Å². The van der Waals surface area contributed by atoms with E-state index in [0.717, 1.165) is 30.7 Å². The van der Waals surface area contributed by atoms with E-state index in [2.05, 4.69) is 24.9 Å². The number of carbonyl (C=O) groups excluding carboxylic acids is 1. The van der Waals surface area contributed by atoms with E-state index in [0.29, 0.717) is 22.5 Å². The predicted molar refractivity (Wildman–Crippen MR) is 131 cm³/mol. The van der Waals surface area contributed by atoms with Crippen LogP contribution >= 0.6 is 0 Å². The van der Waals surface area contributed by atoms with Gasteiger partial charge >= 0.3 is 6.61 Å². The van der Waals surface area contributed by atoms with Gasteiger partial charge in [-0.2, -0.15) is 8.78 Å². The van der Waals surface area contributed by atoms with Gasteiger partial charge in [-0.25, -0.2) is 9.97 Å². The number of alkyl halides is 2. The first-order chi connectivity index (χ1) is 17.0. The maximum atomic E-state index is 13.0. The average molecular weight is 475 g/mol. The number of anilines is 1. The number of hydrogen-bond acceptors (Lipinski definition) is 5. The Hall–Kier alpha value is -3.91. The zero-order chi connectivity index (χ0) is 24.2. The largest absolute Gasteiger partial charge is 0.435 e. The molecule has 0 radical (unpaired) electrons. The van der Waals surface area contributed by atoms with Crippen LogP contribution in [-0.2, 0) is 6.54 Å². The highest BCUT2D eigenvalue weighted by atomic mass is 19.3. The van der Waals surface area contributed by atoms with Gasteiger partial charge in [-0.05, 0) is 61.8 Å². The van der Waals surface area contributed by atoms with Crippen LogP contribution in [0.25, 0.3) is 22.0 Å². The number of likely N-dealkylation sites (tertiary alicyclic amines) is 1. The molecule has 0 bridgehead atoms. The number of hydrogen-bond donors (Lipinski definition) is 1. The highest BCUT2D eigenvalue weighted by molar-refractivity contribution is 6.04. The lowest BCUT2D eigenvalue weighted by molar-refractivity contribution is -0.0498. The van der Waals surface area contributed by atoms with Crippen LogP contribution in [0.5, 0.6) is 5.75 Å². The third-order valence-corrected chi connectivity index (χ3v) is 5.96. The molecule has 1 saturated heterocycles. The Bertz CT molecular complexity index is 1360. The second kappa shape index (κ2) is 10.1. The first kappa shape index (κ1) is 22.9. The van der Waals surface area contributed by atoms with Crippen molar-refractivity contribution in [3.8, 4) is 16.9 Å². The Morgan fingerprint density at radius 1 is 0.971 bits per heavy atom. The molecule has 2 aromatic heterocycles. The molecule has 1 aliphatic heterocycles. The monoisotopic (exact) mass is 474 g/mol. The van der Waals surface area contributed by atoms with Crippen LogP contribution in [0.4, 0.5) is 14.6 Å². The number of fused-ring (bicyclic) bond motifs is 1. The number of pyridine rings is 2. The molecular formula is C27H24F2N4O2. The molecule has 2 aromatic carbocycles. The SMILES string of the molecule is O=C(Nc1cccc(CN2CCCC2)n1)c1ccc2cccc(-c3cccc(OC(F)F)c3)c2n1. The number of ether oxygens (including phenoxy) is 1. The molecular weight excluding hydrogens is 450 g/mol. The molecule has 1 fully saturated rings. The number of nitrogens with zero attached hydrogens (tertiary/aromatic N) is 3. The summed E-state index contributed by atoms with van der Waals surface area (Å²) in [5.74, 6) is 0.157. The summed E-state index contributed by atoms with van der Waals surface area (Å²) in [7, 11) is 0. The standard InChI is InChI=1S/C27H24F2N4O2/c28-27(29)35-21-9-3-7-19(16-21)22-10-4-6-18-12-13-23(31-25(18)22)26(34)32-24-11-5-8-20(30-24)17-33-14-1-2-15-33/h3-13,16,27H,1-2,14-15,17H2,(H,30,32,34). The zero-order valence-corrected chi connectivity index (χ0v) is 19.0. The minimum atomic E-state index is -2.91. The van der Waals surface area contributed by atoms with Gasteiger partial charge in [0.05, 0.1) is 11.2 Å². The van der Waals surface area contributed by atoms with E-state index in [-0.39, 0.29) is 17.4 Å². The van der Waals surface area contributed by atoms with Crippen molar-refractivity contribution in [2.45, 2.75) is 26.0 Å². The lowest BCUT2D eigenvalue weighted by Crippen LogP contribution is -2.20. The molecule has 4 aromatic rings. The van der Waals surface area contributed by atoms with E-state index in [1.54, 1.807) is 24.3 Å². The molecule has 3 heterocycles. The van der Waals surface area contributed by atoms with Crippen molar-refractivity contribution in [1.82, 2.24) is 14.9 Å². The number of benzene rings is 2. The maximum absolute atomic E-state index is 13.0. The van der Waals surface area contributed by atoms with Gasteiger partial charge in [-0.15, -0.1) is 0 Å². The number of carbonyl (C=O) groups is 1. The molecule has 0 unspecified atom stereocenters. The fourth-order valence-corrected chi connectivity index (χ4v) is 4.33. The molecule has 1 aliphatic rings. The topological polar surface area (TPSA) is 67.4 Å². The van der Waals surface area contributed by atoms with Crippen LogP contribution in [0.2, 0.25) is 0 Å². The van der Waals surface area contributed by atoms with Crippen LogP contribution in [0.1, 0.15) is 29.0 Å². The van der Waals surface area contributed by atoms with Gasteiger partial charge in [0, 0.05) is 17.5 Å². The van der Waals surface area contributed by atoms with Crippen LogP contribution in [0.15, 0.2) is 72.8 Å². The lowest BCUT2D eigenvalue weighted by atomic mass is 10.0. The first-order valence-electron chi connectivity index (χ1n) is 11.5. The highest BCUT2D eigenvalue weighted by Gasteiger charge is 2.15. The van der Waals surface area contributed by atoms with Crippen molar-refractivity contribution < 1.29 is 18.3 Å². The van der Waals surface area contributed by atoms with Gasteiger partial charge in [0.25, 0.3) is 5.91 Å². The third-order valence-electron chi connectivity index (χ3n) is 5.96. The van der Waals surface area contributed by atoms with Crippen molar-refractivity contribution in [2.24, 2.45) is 0 Å². The number of amides is 1. The van der Waals surface area contributed by atoms with Gasteiger partial charge in [0.2, 0.25) is 0 Å². The quantitative estimate of drug-likeness (QED) is 0.370. The summed E-state index contributed by atoms with van der Waals surface area (Å²) in [4.78, 5) is 24.6. The van der Waals surface area contributed by atoms with Crippen molar-refractivity contribution in [3.63, 3.8) is 0 Å². The van der Waals surface area contributed by atoms with E-state index < -0.39 is 6.61 Å². The molecule has 0 spiro atoms. The van der Waals surface area contributed by atoms with E-state index in [1.807, 2.05) is 36.4 Å². The Labute approximate surface area is 201 Å². The van der Waals surface area contributed by atoms with Gasteiger partial charge < -0.3 is 10.1 Å². The highest BCUT2D eigenvalue weighted by Crippen LogP contribution is 2.30. The van der Waals surface area contributed by atoms with Crippen molar-refractivity contribution in [1.29, 1.82) is 0 Å². The van der Waals surface area contributed by atoms with Crippen molar-refractivity contribution in [3.05, 3.63) is 84.2 Å². The molecule has 5 rings (SSSR count). The number of halogens is 2. The second-order valence-corrected chi connectivity index (χ2v) is 8.43. The Balaban J connectivity index is 1.40. The lowest BCUT2D eigenvalue weighted by Gasteiger charge is -2.14. The summed E-state index contributed by atoms with van der Waals surface area (Å²) in [5.41, 5.74) is 3.10. The van der Waals surface area contributed by atoms with Crippen LogP contribution < -0.4 is 10.1 Å². The van der Waals surface area contributed by atoms with Gasteiger partial charge in [0.1, 0.15) is 17.3 Å². The fourth-order valence-electron chi connectivity index (χ4n) is 4.33. The number of para-hydroxylation sites is 1. The van der Waals surface area contributed by atoms with Gasteiger partial charge in [0.15, 0.2) is 0 Å². The predicted octanol–water partition coefficient (Wildman–Crippen LogP) is 5.75. The summed E-state index contributed by atoms with van der Waals surface area (Å²) in [6.07, 6.45) is 2.41. The van der Waals surface area contributed by atoms with Crippen LogP contribution in [0, 0.1) is 0 Å². The normalized spacial score (nSPS) is 13.9. The summed E-state index contributed by atoms with van der Waals surface area (Å²) in [6, 6.07) is 21.1. The number of aromatic nitrogens is 2. The van der Waals surface area contributed by atoms with E-state index in [4.69, 9.17) is 0 Å². The van der Waals surface area contributed by atoms with Crippen molar-refractivity contribution in [2.75, 3.05) is 18.4 Å². The summed E-state index contributed by atoms with van der Waals surface area (Å²) >= 11 is 0. The molecule has 1 N–H and O–H groups in total.